The molecule has 0 fully saturated rings. The fourth-order valence-electron chi connectivity index (χ4n) is 1.38. The van der Waals surface area contributed by atoms with Crippen LogP contribution in [0.3, 0.4) is 0 Å². The smallest absolute Gasteiger partial charge is 0.326 e. The molecule has 1 atom stereocenters. The van der Waals surface area contributed by atoms with E-state index in [4.69, 9.17) is 16.7 Å². The average Bonchev–Trinajstić information content (AvgIpc) is 2.37. The van der Waals surface area contributed by atoms with Gasteiger partial charge in [0, 0.05) is 12.1 Å². The number of amides is 2. The lowest BCUT2D eigenvalue weighted by molar-refractivity contribution is -0.384. The Hall–Kier alpha value is -2.35. The van der Waals surface area contributed by atoms with Crippen LogP contribution in [0.15, 0.2) is 18.2 Å². The lowest BCUT2D eigenvalue weighted by Gasteiger charge is -2.13. The first-order chi connectivity index (χ1) is 9.35. The third-order valence-electron chi connectivity index (χ3n) is 2.42. The molecule has 0 unspecified atom stereocenters. The Morgan fingerprint density at radius 2 is 2.15 bits per heavy atom. The molecule has 9 heteroatoms. The quantitative estimate of drug-likeness (QED) is 0.568. The molecule has 0 saturated carbocycles. The summed E-state index contributed by atoms with van der Waals surface area (Å²) >= 11 is 5.80. The molecule has 0 aliphatic carbocycles. The maximum atomic E-state index is 11.6. The monoisotopic (exact) mass is 301 g/mol. The predicted octanol–water partition coefficient (Wildman–Crippen LogP) is 2.23. The van der Waals surface area contributed by atoms with Crippen molar-refractivity contribution >= 4 is 35.0 Å². The number of nitro groups is 1. The number of halogens is 1. The average molecular weight is 302 g/mol. The highest BCUT2D eigenvalue weighted by Gasteiger charge is 2.18. The normalized spacial score (nSPS) is 11.5. The Labute approximate surface area is 118 Å². The van der Waals surface area contributed by atoms with Crippen molar-refractivity contribution in [2.24, 2.45) is 0 Å². The van der Waals surface area contributed by atoms with Crippen LogP contribution >= 0.6 is 11.6 Å². The van der Waals surface area contributed by atoms with E-state index in [-0.39, 0.29) is 22.8 Å². The van der Waals surface area contributed by atoms with Gasteiger partial charge < -0.3 is 15.7 Å². The van der Waals surface area contributed by atoms with Gasteiger partial charge in [-0.25, -0.2) is 9.59 Å². The molecule has 0 aliphatic rings. The van der Waals surface area contributed by atoms with Gasteiger partial charge in [0.25, 0.3) is 5.69 Å². The van der Waals surface area contributed by atoms with Gasteiger partial charge in [0.05, 0.1) is 15.6 Å². The zero-order chi connectivity index (χ0) is 15.3. The predicted molar refractivity (Wildman–Crippen MR) is 72.0 cm³/mol. The molecule has 20 heavy (non-hydrogen) atoms. The number of hydrogen-bond donors (Lipinski definition) is 3. The SMILES string of the molecule is CC[C@H](NC(=O)Nc1cc([N+](=O)[O-])ccc1Cl)C(=O)O. The van der Waals surface area contributed by atoms with Crippen LogP contribution in [-0.4, -0.2) is 28.1 Å². The van der Waals surface area contributed by atoms with Crippen molar-refractivity contribution in [2.75, 3.05) is 5.32 Å². The molecule has 8 nitrogen and oxygen atoms in total. The number of nitro benzene ring substituents is 1. The fraction of sp³-hybridized carbons (Fsp3) is 0.273. The number of anilines is 1. The number of carboxylic acids is 1. The second-order valence-electron chi connectivity index (χ2n) is 3.82. The number of nitrogens with one attached hydrogen (secondary N) is 2. The van der Waals surface area contributed by atoms with Gasteiger partial charge in [-0.1, -0.05) is 18.5 Å². The van der Waals surface area contributed by atoms with Crippen molar-refractivity contribution in [3.8, 4) is 0 Å². The summed E-state index contributed by atoms with van der Waals surface area (Å²) in [5.41, 5.74) is -0.214. The summed E-state index contributed by atoms with van der Waals surface area (Å²) in [5, 5.41) is 24.0. The van der Waals surface area contributed by atoms with Crippen LogP contribution in [0.1, 0.15) is 13.3 Å². The summed E-state index contributed by atoms with van der Waals surface area (Å²) in [4.78, 5) is 32.4. The van der Waals surface area contributed by atoms with Gasteiger partial charge in [-0.3, -0.25) is 10.1 Å². The molecular formula is C11H12ClN3O5. The Balaban J connectivity index is 2.82. The highest BCUT2D eigenvalue weighted by atomic mass is 35.5. The van der Waals surface area contributed by atoms with Gasteiger partial charge in [0.1, 0.15) is 6.04 Å². The van der Waals surface area contributed by atoms with Crippen molar-refractivity contribution in [3.05, 3.63) is 33.3 Å². The van der Waals surface area contributed by atoms with E-state index in [9.17, 15) is 19.7 Å². The summed E-state index contributed by atoms with van der Waals surface area (Å²) in [5.74, 6) is -1.17. The maximum Gasteiger partial charge on any atom is 0.326 e. The molecule has 0 aliphatic heterocycles. The number of carboxylic acid groups (broad SMARTS) is 1. The Morgan fingerprint density at radius 1 is 1.50 bits per heavy atom. The number of aliphatic carboxylic acids is 1. The Bertz CT molecular complexity index is 549. The van der Waals surface area contributed by atoms with Crippen LogP contribution in [0.2, 0.25) is 5.02 Å². The number of urea groups is 1. The topological polar surface area (TPSA) is 122 Å². The number of benzene rings is 1. The lowest BCUT2D eigenvalue weighted by atomic mass is 10.2. The number of non-ortho nitro benzene ring substituents is 1. The van der Waals surface area contributed by atoms with Crippen molar-refractivity contribution in [2.45, 2.75) is 19.4 Å². The third kappa shape index (κ3) is 4.09. The van der Waals surface area contributed by atoms with Gasteiger partial charge in [0.15, 0.2) is 0 Å². The van der Waals surface area contributed by atoms with Gasteiger partial charge in [0.2, 0.25) is 0 Å². The molecule has 3 N–H and O–H groups in total. The summed E-state index contributed by atoms with van der Waals surface area (Å²) < 4.78 is 0. The van der Waals surface area contributed by atoms with Crippen molar-refractivity contribution in [1.29, 1.82) is 0 Å². The zero-order valence-electron chi connectivity index (χ0n) is 10.4. The van der Waals surface area contributed by atoms with Crippen LogP contribution in [0.25, 0.3) is 0 Å². The Morgan fingerprint density at radius 3 is 2.65 bits per heavy atom. The third-order valence-corrected chi connectivity index (χ3v) is 2.75. The summed E-state index contributed by atoms with van der Waals surface area (Å²) in [7, 11) is 0. The highest BCUT2D eigenvalue weighted by Crippen LogP contribution is 2.26. The Kier molecular flexibility index (Phi) is 5.27. The second-order valence-corrected chi connectivity index (χ2v) is 4.23. The molecule has 1 aromatic carbocycles. The minimum Gasteiger partial charge on any atom is -0.480 e. The van der Waals surface area contributed by atoms with E-state index < -0.39 is 23.0 Å². The van der Waals surface area contributed by atoms with Crippen LogP contribution in [0.4, 0.5) is 16.2 Å². The molecule has 2 amide bonds. The van der Waals surface area contributed by atoms with E-state index in [1.165, 1.54) is 12.1 Å². The molecule has 1 rings (SSSR count). The van der Waals surface area contributed by atoms with Crippen LogP contribution in [-0.2, 0) is 4.79 Å². The van der Waals surface area contributed by atoms with Crippen LogP contribution in [0.5, 0.6) is 0 Å². The van der Waals surface area contributed by atoms with Crippen LogP contribution in [0, 0.1) is 10.1 Å². The lowest BCUT2D eigenvalue weighted by Crippen LogP contribution is -2.42. The molecule has 1 aromatic rings. The van der Waals surface area contributed by atoms with Gasteiger partial charge in [-0.05, 0) is 12.5 Å². The number of rotatable bonds is 5. The largest absolute Gasteiger partial charge is 0.480 e. The van der Waals surface area contributed by atoms with Gasteiger partial charge in [-0.2, -0.15) is 0 Å². The molecule has 0 heterocycles. The van der Waals surface area contributed by atoms with E-state index >= 15 is 0 Å². The number of hydrogen-bond acceptors (Lipinski definition) is 4. The van der Waals surface area contributed by atoms with E-state index in [0.717, 1.165) is 6.07 Å². The first-order valence-electron chi connectivity index (χ1n) is 5.59. The first-order valence-corrected chi connectivity index (χ1v) is 5.97. The van der Waals surface area contributed by atoms with E-state index in [2.05, 4.69) is 10.6 Å². The number of nitrogens with zero attached hydrogens (tertiary/aromatic N) is 1. The van der Waals surface area contributed by atoms with Crippen molar-refractivity contribution in [3.63, 3.8) is 0 Å². The van der Waals surface area contributed by atoms with Crippen molar-refractivity contribution < 1.29 is 19.6 Å². The highest BCUT2D eigenvalue weighted by molar-refractivity contribution is 6.33. The molecular weight excluding hydrogens is 290 g/mol. The standard InChI is InChI=1S/C11H12ClN3O5/c1-2-8(10(16)17)13-11(18)14-9-5-6(15(19)20)3-4-7(9)12/h3-5,8H,2H2,1H3,(H,16,17)(H2,13,14,18)/t8-/m0/s1. The zero-order valence-corrected chi connectivity index (χ0v) is 11.2. The van der Waals surface area contributed by atoms with E-state index in [1.54, 1.807) is 6.92 Å². The number of carbonyl (C=O) groups excluding carboxylic acids is 1. The first kappa shape index (κ1) is 15.7. The van der Waals surface area contributed by atoms with Gasteiger partial charge in [-0.15, -0.1) is 0 Å². The van der Waals surface area contributed by atoms with Crippen LogP contribution < -0.4 is 10.6 Å². The molecule has 0 radical (unpaired) electrons. The maximum absolute atomic E-state index is 11.6. The summed E-state index contributed by atoms with van der Waals surface area (Å²) in [6.45, 7) is 1.60. The van der Waals surface area contributed by atoms with E-state index in [0.29, 0.717) is 0 Å². The summed E-state index contributed by atoms with van der Waals surface area (Å²) in [6.07, 6.45) is 0.200. The second kappa shape index (κ2) is 6.71. The van der Waals surface area contributed by atoms with E-state index in [1.807, 2.05) is 0 Å². The molecule has 0 saturated heterocycles. The molecule has 108 valence electrons. The minimum atomic E-state index is -1.17. The molecule has 0 bridgehead atoms. The molecule has 0 spiro atoms. The van der Waals surface area contributed by atoms with Gasteiger partial charge >= 0.3 is 12.0 Å². The number of carbonyl (C=O) groups is 2. The molecule has 0 aromatic heterocycles. The summed E-state index contributed by atoms with van der Waals surface area (Å²) in [6, 6.07) is 1.69. The fourth-order valence-corrected chi connectivity index (χ4v) is 1.54. The van der Waals surface area contributed by atoms with Crippen molar-refractivity contribution in [1.82, 2.24) is 5.32 Å². The minimum absolute atomic E-state index is 0.0265.